The van der Waals surface area contributed by atoms with Crippen LogP contribution in [0.15, 0.2) is 48.6 Å². The van der Waals surface area contributed by atoms with E-state index < -0.39 is 60.0 Å². The number of carboxylic acids is 1. The number of ether oxygens (including phenoxy) is 1. The SMILES string of the molecule is O=C(/C=C/c1ccc(O)c(O)c1)C[C@@H]1C[C@@](O)(C(=O)O)C[C@@H](O)[C@H]1OC(=O)/C=C/c1ccc(O)c(O)c1. The number of carbonyl (C=O) groups excluding carboxylic acids is 2. The third-order valence-corrected chi connectivity index (χ3v) is 5.98. The van der Waals surface area contributed by atoms with E-state index >= 15 is 0 Å². The minimum Gasteiger partial charge on any atom is -0.504 e. The van der Waals surface area contributed by atoms with Crippen molar-refractivity contribution in [3.63, 3.8) is 0 Å². The fraction of sp³-hybridized carbons (Fsp3) is 0.269. The van der Waals surface area contributed by atoms with Gasteiger partial charge in [0.1, 0.15) is 6.10 Å². The summed E-state index contributed by atoms with van der Waals surface area (Å²) in [7, 11) is 0. The van der Waals surface area contributed by atoms with Crippen molar-refractivity contribution in [2.24, 2.45) is 5.92 Å². The smallest absolute Gasteiger partial charge is 0.335 e. The molecule has 0 amide bonds. The minimum atomic E-state index is -2.33. The van der Waals surface area contributed by atoms with Crippen LogP contribution in [-0.2, 0) is 19.1 Å². The van der Waals surface area contributed by atoms with Crippen LogP contribution >= 0.6 is 0 Å². The van der Waals surface area contributed by atoms with Crippen molar-refractivity contribution >= 4 is 29.9 Å². The molecule has 0 bridgehead atoms. The van der Waals surface area contributed by atoms with Crippen molar-refractivity contribution in [1.82, 2.24) is 0 Å². The van der Waals surface area contributed by atoms with Gasteiger partial charge in [0, 0.05) is 24.8 Å². The Hall–Kier alpha value is -4.35. The van der Waals surface area contributed by atoms with Gasteiger partial charge >= 0.3 is 11.9 Å². The Kier molecular flexibility index (Phi) is 8.21. The van der Waals surface area contributed by atoms with Crippen LogP contribution in [-0.4, -0.2) is 71.3 Å². The van der Waals surface area contributed by atoms with E-state index in [1.165, 1.54) is 48.6 Å². The molecule has 4 atom stereocenters. The normalized spacial score (nSPS) is 23.8. The third-order valence-electron chi connectivity index (χ3n) is 5.98. The molecule has 0 radical (unpaired) electrons. The number of rotatable bonds is 8. The van der Waals surface area contributed by atoms with E-state index in [2.05, 4.69) is 0 Å². The van der Waals surface area contributed by atoms with Crippen LogP contribution in [0.4, 0.5) is 0 Å². The van der Waals surface area contributed by atoms with Gasteiger partial charge in [-0.1, -0.05) is 18.2 Å². The number of hydrogen-bond acceptors (Lipinski definition) is 10. The number of aliphatic carboxylic acids is 1. The second kappa shape index (κ2) is 11.1. The average molecular weight is 514 g/mol. The van der Waals surface area contributed by atoms with Gasteiger partial charge in [0.15, 0.2) is 34.4 Å². The zero-order valence-corrected chi connectivity index (χ0v) is 19.4. The molecule has 0 aromatic heterocycles. The number of allylic oxidation sites excluding steroid dienone is 1. The summed E-state index contributed by atoms with van der Waals surface area (Å²) in [6, 6.07) is 7.72. The molecule has 0 unspecified atom stereocenters. The monoisotopic (exact) mass is 514 g/mol. The summed E-state index contributed by atoms with van der Waals surface area (Å²) in [4.78, 5) is 36.6. The van der Waals surface area contributed by atoms with E-state index in [9.17, 15) is 50.1 Å². The number of phenolic OH excluding ortho intramolecular Hbond substituents is 4. The van der Waals surface area contributed by atoms with Crippen LogP contribution in [0.25, 0.3) is 12.2 Å². The van der Waals surface area contributed by atoms with Crippen LogP contribution in [0.5, 0.6) is 23.0 Å². The highest BCUT2D eigenvalue weighted by Crippen LogP contribution is 2.37. The number of carbonyl (C=O) groups is 3. The highest BCUT2D eigenvalue weighted by molar-refractivity contribution is 5.94. The molecule has 196 valence electrons. The molecule has 0 saturated heterocycles. The first kappa shape index (κ1) is 27.2. The van der Waals surface area contributed by atoms with Crippen molar-refractivity contribution in [3.05, 3.63) is 59.7 Å². The number of carboxylic acid groups (broad SMARTS) is 1. The number of aromatic hydroxyl groups is 4. The highest BCUT2D eigenvalue weighted by atomic mass is 16.6. The molecular weight excluding hydrogens is 488 g/mol. The lowest BCUT2D eigenvalue weighted by molar-refractivity contribution is -0.188. The van der Waals surface area contributed by atoms with Crippen molar-refractivity contribution in [2.75, 3.05) is 0 Å². The van der Waals surface area contributed by atoms with Gasteiger partial charge in [-0.05, 0) is 54.0 Å². The van der Waals surface area contributed by atoms with Crippen LogP contribution in [0.1, 0.15) is 30.4 Å². The van der Waals surface area contributed by atoms with Crippen molar-refractivity contribution in [2.45, 2.75) is 37.1 Å². The standard InChI is InChI=1S/C26H26O11/c27-17(5-1-14-2-6-18(28)20(30)9-14)11-16-12-26(36,25(34)35)13-22(32)24(16)37-23(33)8-4-15-3-7-19(29)21(31)10-15/h1-10,16,22,24,28-32,36H,11-13H2,(H,34,35)/b5-1+,8-4+/t16-,22-,24+,26+/m1/s1. The second-order valence-electron chi connectivity index (χ2n) is 8.81. The summed E-state index contributed by atoms with van der Waals surface area (Å²) in [5.74, 6) is -5.57. The van der Waals surface area contributed by atoms with Crippen LogP contribution in [0.3, 0.4) is 0 Å². The van der Waals surface area contributed by atoms with Gasteiger partial charge in [-0.2, -0.15) is 0 Å². The number of hydrogen-bond donors (Lipinski definition) is 7. The summed E-state index contributed by atoms with van der Waals surface area (Å²) in [6.07, 6.45) is 0.410. The Balaban J connectivity index is 1.75. The lowest BCUT2D eigenvalue weighted by Gasteiger charge is -2.41. The molecule has 11 nitrogen and oxygen atoms in total. The van der Waals surface area contributed by atoms with E-state index in [4.69, 9.17) is 4.74 Å². The van der Waals surface area contributed by atoms with Gasteiger partial charge in [-0.25, -0.2) is 9.59 Å². The van der Waals surface area contributed by atoms with Gasteiger partial charge < -0.3 is 40.5 Å². The molecule has 2 aromatic rings. The Morgan fingerprint density at radius 2 is 1.41 bits per heavy atom. The summed E-state index contributed by atoms with van der Waals surface area (Å²) in [5.41, 5.74) is -1.59. The molecule has 1 aliphatic carbocycles. The predicted molar refractivity (Wildman–Crippen MR) is 128 cm³/mol. The first-order chi connectivity index (χ1) is 17.4. The third kappa shape index (κ3) is 6.87. The first-order valence-electron chi connectivity index (χ1n) is 11.2. The largest absolute Gasteiger partial charge is 0.504 e. The van der Waals surface area contributed by atoms with Crippen LogP contribution < -0.4 is 0 Å². The Morgan fingerprint density at radius 1 is 0.865 bits per heavy atom. The zero-order valence-electron chi connectivity index (χ0n) is 19.4. The predicted octanol–water partition coefficient (Wildman–Crippen LogP) is 1.69. The van der Waals surface area contributed by atoms with Gasteiger partial charge in [-0.15, -0.1) is 0 Å². The molecule has 7 N–H and O–H groups in total. The van der Waals surface area contributed by atoms with E-state index in [1.54, 1.807) is 0 Å². The first-order valence-corrected chi connectivity index (χ1v) is 11.2. The van der Waals surface area contributed by atoms with Gasteiger partial charge in [-0.3, -0.25) is 4.79 Å². The molecule has 3 rings (SSSR count). The van der Waals surface area contributed by atoms with Gasteiger partial charge in [0.25, 0.3) is 0 Å². The summed E-state index contributed by atoms with van der Waals surface area (Å²) in [6.45, 7) is 0. The second-order valence-corrected chi connectivity index (χ2v) is 8.81. The molecule has 0 spiro atoms. The Bertz CT molecular complexity index is 1250. The van der Waals surface area contributed by atoms with Crippen molar-refractivity contribution in [3.8, 4) is 23.0 Å². The lowest BCUT2D eigenvalue weighted by Crippen LogP contribution is -2.55. The van der Waals surface area contributed by atoms with Crippen LogP contribution in [0.2, 0.25) is 0 Å². The molecule has 0 heterocycles. The quantitative estimate of drug-likeness (QED) is 0.153. The molecule has 0 aliphatic heterocycles. The molecule has 1 saturated carbocycles. The fourth-order valence-corrected chi connectivity index (χ4v) is 4.09. The molecule has 1 aliphatic rings. The maximum absolute atomic E-state index is 12.6. The van der Waals surface area contributed by atoms with Gasteiger partial charge in [0.05, 0.1) is 6.10 Å². The minimum absolute atomic E-state index is 0.339. The maximum atomic E-state index is 12.6. The molecule has 2 aromatic carbocycles. The average Bonchev–Trinajstić information content (AvgIpc) is 2.82. The summed E-state index contributed by atoms with van der Waals surface area (Å²) < 4.78 is 5.33. The summed E-state index contributed by atoms with van der Waals surface area (Å²) >= 11 is 0. The fourth-order valence-electron chi connectivity index (χ4n) is 4.09. The van der Waals surface area contributed by atoms with Crippen LogP contribution in [0, 0.1) is 5.92 Å². The van der Waals surface area contributed by atoms with E-state index in [-0.39, 0.29) is 23.7 Å². The van der Waals surface area contributed by atoms with E-state index in [1.807, 2.05) is 0 Å². The molecule has 11 heteroatoms. The topological polar surface area (TPSA) is 202 Å². The molecule has 37 heavy (non-hydrogen) atoms. The van der Waals surface area contributed by atoms with Crippen molar-refractivity contribution < 1.29 is 54.9 Å². The number of benzene rings is 2. The number of aliphatic hydroxyl groups excluding tert-OH is 1. The Labute approximate surface area is 210 Å². The maximum Gasteiger partial charge on any atom is 0.335 e. The van der Waals surface area contributed by atoms with Crippen molar-refractivity contribution in [1.29, 1.82) is 0 Å². The number of esters is 1. The highest BCUT2D eigenvalue weighted by Gasteiger charge is 2.51. The zero-order chi connectivity index (χ0) is 27.3. The lowest BCUT2D eigenvalue weighted by atomic mass is 9.72. The number of phenols is 4. The summed E-state index contributed by atoms with van der Waals surface area (Å²) in [5, 5.41) is 68.3. The van der Waals surface area contributed by atoms with E-state index in [0.717, 1.165) is 12.2 Å². The number of aliphatic hydroxyl groups is 2. The molecule has 1 fully saturated rings. The van der Waals surface area contributed by atoms with Gasteiger partial charge in [0.2, 0.25) is 0 Å². The Morgan fingerprint density at radius 3 is 1.92 bits per heavy atom. The number of ketones is 1. The molecular formula is C26H26O11. The van der Waals surface area contributed by atoms with E-state index in [0.29, 0.717) is 11.1 Å².